The van der Waals surface area contributed by atoms with E-state index in [4.69, 9.17) is 0 Å². The monoisotopic (exact) mass is 442 g/mol. The largest absolute Gasteiger partial charge is 0.365 e. The number of benzene rings is 2. The zero-order valence-electron chi connectivity index (χ0n) is 18.1. The topological polar surface area (TPSA) is 136 Å². The number of hydrogen-bond donors (Lipinski definition) is 4. The molecule has 0 unspecified atom stereocenters. The van der Waals surface area contributed by atoms with E-state index < -0.39 is 0 Å². The zero-order valence-corrected chi connectivity index (χ0v) is 18.1. The molecular formula is C23H22N8O2. The molecular weight excluding hydrogens is 420 g/mol. The van der Waals surface area contributed by atoms with Crippen LogP contribution in [0.25, 0.3) is 27.9 Å². The molecule has 4 aromatic rings. The fourth-order valence-corrected chi connectivity index (χ4v) is 3.46. The second-order valence-corrected chi connectivity index (χ2v) is 7.27. The van der Waals surface area contributed by atoms with Crippen LogP contribution in [0.15, 0.2) is 48.7 Å². The fraction of sp³-hybridized carbons (Fsp3) is 0.174. The summed E-state index contributed by atoms with van der Waals surface area (Å²) in [6.45, 7) is 2.37. The summed E-state index contributed by atoms with van der Waals surface area (Å²) in [7, 11) is 1.56. The Bertz CT molecular complexity index is 1390. The molecule has 33 heavy (non-hydrogen) atoms. The van der Waals surface area contributed by atoms with Crippen LogP contribution in [0.1, 0.15) is 12.5 Å². The minimum absolute atomic E-state index is 0.107. The average Bonchev–Trinajstić information content (AvgIpc) is 3.27. The van der Waals surface area contributed by atoms with Gasteiger partial charge in [-0.1, -0.05) is 12.1 Å². The Morgan fingerprint density at radius 3 is 2.61 bits per heavy atom. The molecule has 10 nitrogen and oxygen atoms in total. The Morgan fingerprint density at radius 2 is 1.91 bits per heavy atom. The van der Waals surface area contributed by atoms with Crippen molar-refractivity contribution in [2.45, 2.75) is 6.92 Å². The van der Waals surface area contributed by atoms with E-state index in [1.54, 1.807) is 25.4 Å². The molecule has 3 amide bonds. The van der Waals surface area contributed by atoms with Gasteiger partial charge in [-0.3, -0.25) is 9.20 Å². The van der Waals surface area contributed by atoms with Gasteiger partial charge in [-0.2, -0.15) is 5.26 Å². The molecule has 2 aromatic carbocycles. The van der Waals surface area contributed by atoms with Crippen LogP contribution in [0, 0.1) is 11.3 Å². The van der Waals surface area contributed by atoms with Crippen molar-refractivity contribution in [1.29, 1.82) is 5.26 Å². The van der Waals surface area contributed by atoms with Crippen molar-refractivity contribution in [2.24, 2.45) is 0 Å². The summed E-state index contributed by atoms with van der Waals surface area (Å²) < 4.78 is 1.98. The normalized spacial score (nSPS) is 10.6. The van der Waals surface area contributed by atoms with Gasteiger partial charge in [0.2, 0.25) is 5.91 Å². The van der Waals surface area contributed by atoms with Crippen molar-refractivity contribution in [2.75, 3.05) is 30.8 Å². The maximum absolute atomic E-state index is 11.6. The number of hydrogen-bond acceptors (Lipinski definition) is 6. The first kappa shape index (κ1) is 21.6. The highest BCUT2D eigenvalue weighted by Crippen LogP contribution is 2.29. The van der Waals surface area contributed by atoms with Crippen molar-refractivity contribution < 1.29 is 9.59 Å². The van der Waals surface area contributed by atoms with Crippen LogP contribution < -0.4 is 21.3 Å². The van der Waals surface area contributed by atoms with Gasteiger partial charge in [-0.15, -0.1) is 0 Å². The Balaban J connectivity index is 1.78. The Labute approximate surface area is 189 Å². The molecule has 0 aliphatic heterocycles. The average molecular weight is 442 g/mol. The van der Waals surface area contributed by atoms with Gasteiger partial charge in [0, 0.05) is 38.3 Å². The van der Waals surface area contributed by atoms with Crippen molar-refractivity contribution in [3.8, 4) is 17.3 Å². The third-order valence-electron chi connectivity index (χ3n) is 5.01. The number of nitriles is 1. The number of imidazole rings is 1. The maximum Gasteiger partial charge on any atom is 0.318 e. The number of amides is 3. The number of rotatable bonds is 6. The number of carbonyl (C=O) groups excluding carboxylic acids is 2. The molecule has 0 atom stereocenters. The minimum atomic E-state index is -0.294. The molecule has 10 heteroatoms. The van der Waals surface area contributed by atoms with E-state index in [2.05, 4.69) is 37.3 Å². The van der Waals surface area contributed by atoms with Crippen LogP contribution in [0.2, 0.25) is 0 Å². The van der Waals surface area contributed by atoms with Crippen molar-refractivity contribution in [1.82, 2.24) is 25.0 Å². The van der Waals surface area contributed by atoms with E-state index in [1.807, 2.05) is 34.7 Å². The molecule has 0 aliphatic carbocycles. The number of anilines is 2. The lowest BCUT2D eigenvalue weighted by atomic mass is 10.1. The summed E-state index contributed by atoms with van der Waals surface area (Å²) in [4.78, 5) is 32.0. The SMILES string of the molecule is CNC(=O)Nc1ccc(-c2cnc3c(NCCNC(C)=O)nc4cc(C#N)ccc4n23)cc1. The van der Waals surface area contributed by atoms with Gasteiger partial charge < -0.3 is 21.3 Å². The lowest BCUT2D eigenvalue weighted by Crippen LogP contribution is -2.26. The molecule has 0 aliphatic rings. The predicted molar refractivity (Wildman–Crippen MR) is 126 cm³/mol. The number of urea groups is 1. The van der Waals surface area contributed by atoms with Crippen molar-refractivity contribution >= 4 is 40.1 Å². The van der Waals surface area contributed by atoms with E-state index in [0.717, 1.165) is 16.8 Å². The van der Waals surface area contributed by atoms with E-state index in [1.165, 1.54) is 6.92 Å². The van der Waals surface area contributed by atoms with Crippen molar-refractivity contribution in [3.05, 3.63) is 54.2 Å². The number of nitrogens with one attached hydrogen (secondary N) is 4. The van der Waals surface area contributed by atoms with E-state index in [-0.39, 0.29) is 11.9 Å². The smallest absolute Gasteiger partial charge is 0.318 e. The predicted octanol–water partition coefficient (Wildman–Crippen LogP) is 2.72. The van der Waals surface area contributed by atoms with Crippen LogP contribution in [-0.4, -0.2) is 46.4 Å². The number of carbonyl (C=O) groups is 2. The maximum atomic E-state index is 11.6. The molecule has 0 fully saturated rings. The lowest BCUT2D eigenvalue weighted by molar-refractivity contribution is -0.118. The summed E-state index contributed by atoms with van der Waals surface area (Å²) >= 11 is 0. The number of fused-ring (bicyclic) bond motifs is 3. The standard InChI is InChI=1S/C23H22N8O2/c1-14(32)26-9-10-27-21-22-28-13-20(16-4-6-17(7-5-16)29-23(33)25-2)31(22)19-8-3-15(12-24)11-18(19)30-21/h3-8,11,13H,9-10H2,1-2H3,(H,26,32)(H,27,30)(H2,25,29,33). The highest BCUT2D eigenvalue weighted by molar-refractivity contribution is 5.90. The third kappa shape index (κ3) is 4.52. The molecule has 0 saturated carbocycles. The summed E-state index contributed by atoms with van der Waals surface area (Å²) in [6.07, 6.45) is 1.76. The lowest BCUT2D eigenvalue weighted by Gasteiger charge is -2.12. The third-order valence-corrected chi connectivity index (χ3v) is 5.01. The highest BCUT2D eigenvalue weighted by Gasteiger charge is 2.15. The van der Waals surface area contributed by atoms with Crippen LogP contribution >= 0.6 is 0 Å². The van der Waals surface area contributed by atoms with Gasteiger partial charge in [-0.25, -0.2) is 14.8 Å². The second kappa shape index (κ2) is 9.23. The van der Waals surface area contributed by atoms with Gasteiger partial charge in [0.15, 0.2) is 11.5 Å². The summed E-state index contributed by atoms with van der Waals surface area (Å²) in [6, 6.07) is 14.6. The molecule has 2 aromatic heterocycles. The van der Waals surface area contributed by atoms with Crippen molar-refractivity contribution in [3.63, 3.8) is 0 Å². The van der Waals surface area contributed by atoms with Crippen LogP contribution in [0.4, 0.5) is 16.3 Å². The Kier molecular flexibility index (Phi) is 6.04. The fourth-order valence-electron chi connectivity index (χ4n) is 3.46. The molecule has 4 N–H and O–H groups in total. The van der Waals surface area contributed by atoms with Gasteiger partial charge in [0.1, 0.15) is 0 Å². The molecule has 0 radical (unpaired) electrons. The van der Waals surface area contributed by atoms with E-state index in [0.29, 0.717) is 41.3 Å². The van der Waals surface area contributed by atoms with Crippen LogP contribution in [0.3, 0.4) is 0 Å². The van der Waals surface area contributed by atoms with Crippen LogP contribution in [0.5, 0.6) is 0 Å². The Hall–Kier alpha value is -4.65. The second-order valence-electron chi connectivity index (χ2n) is 7.27. The van der Waals surface area contributed by atoms with E-state index >= 15 is 0 Å². The van der Waals surface area contributed by atoms with Gasteiger partial charge in [0.05, 0.1) is 34.6 Å². The molecule has 0 saturated heterocycles. The van der Waals surface area contributed by atoms with Crippen LogP contribution in [-0.2, 0) is 4.79 Å². The summed E-state index contributed by atoms with van der Waals surface area (Å²) in [5, 5.41) is 20.5. The zero-order chi connectivity index (χ0) is 23.4. The quantitative estimate of drug-likeness (QED) is 0.339. The highest BCUT2D eigenvalue weighted by atomic mass is 16.2. The van der Waals surface area contributed by atoms with Gasteiger partial charge >= 0.3 is 6.03 Å². The van der Waals surface area contributed by atoms with Gasteiger partial charge in [0.25, 0.3) is 0 Å². The number of aromatic nitrogens is 3. The minimum Gasteiger partial charge on any atom is -0.365 e. The number of nitrogens with zero attached hydrogens (tertiary/aromatic N) is 4. The summed E-state index contributed by atoms with van der Waals surface area (Å²) in [5.41, 5.74) is 4.96. The molecule has 2 heterocycles. The molecule has 0 bridgehead atoms. The molecule has 0 spiro atoms. The first-order valence-electron chi connectivity index (χ1n) is 10.3. The molecule has 4 rings (SSSR count). The molecule has 166 valence electrons. The summed E-state index contributed by atoms with van der Waals surface area (Å²) in [5.74, 6) is 0.441. The first-order chi connectivity index (χ1) is 16.0. The van der Waals surface area contributed by atoms with E-state index in [9.17, 15) is 14.9 Å². The Morgan fingerprint density at radius 1 is 1.12 bits per heavy atom. The first-order valence-corrected chi connectivity index (χ1v) is 10.3. The van der Waals surface area contributed by atoms with Gasteiger partial charge in [-0.05, 0) is 30.3 Å².